The predicted molar refractivity (Wildman–Crippen MR) is 221 cm³/mol. The van der Waals surface area contributed by atoms with Crippen molar-refractivity contribution in [3.05, 3.63) is 0 Å². The van der Waals surface area contributed by atoms with Crippen LogP contribution >= 0.6 is 0 Å². The Hall–Kier alpha value is -2.18. The van der Waals surface area contributed by atoms with Crippen molar-refractivity contribution in [2.24, 2.45) is 0 Å². The molecule has 19 N–H and O–H groups in total. The minimum atomic E-state index is -2.23. The molecule has 0 aliphatic carbocycles. The van der Waals surface area contributed by atoms with Crippen LogP contribution in [-0.4, -0.2) is 316 Å². The first-order valence-electron chi connectivity index (χ1n) is 23.0. The standard InChI is InChI=1S/C40H68N2O30/c1-9-19(48)25(54)28(57)37(64-9)63-8-16-33(23(52)17(35(61)65-16)41-10(2)46)70-36-18(42-11(3)47)24(53)32(14(6-45)68-36)71-40-31(60)34(72-39-30(59)27(56)21(50)13(5-44)67-39)22(51)15(69-40)7-62-38-29(58)26(55)20(49)12(4-43)66-38/h9,12-40,43-45,48-61H,4-8H2,1-3H3,(H,41,46)(H,42,47). The summed E-state index contributed by atoms with van der Waals surface area (Å²) in [4.78, 5) is 24.8. The van der Waals surface area contributed by atoms with Gasteiger partial charge in [0.05, 0.1) is 39.1 Å². The number of carbonyl (C=O) groups is 2. The maximum Gasteiger partial charge on any atom is 0.217 e. The van der Waals surface area contributed by atoms with E-state index in [1.165, 1.54) is 6.92 Å². The largest absolute Gasteiger partial charge is 0.394 e. The molecule has 0 aromatic carbocycles. The molecule has 30 unspecified atom stereocenters. The number of ether oxygens (including phenoxy) is 11. The van der Waals surface area contributed by atoms with Crippen LogP contribution in [0.4, 0.5) is 0 Å². The van der Waals surface area contributed by atoms with E-state index in [0.29, 0.717) is 0 Å². The fraction of sp³-hybridized carbons (Fsp3) is 0.950. The molecule has 2 amide bonds. The Labute approximate surface area is 408 Å². The highest BCUT2D eigenvalue weighted by molar-refractivity contribution is 5.73. The van der Waals surface area contributed by atoms with Crippen LogP contribution in [0.3, 0.4) is 0 Å². The second-order valence-electron chi connectivity index (χ2n) is 18.3. The molecule has 0 spiro atoms. The molecule has 6 heterocycles. The van der Waals surface area contributed by atoms with E-state index >= 15 is 0 Å². The van der Waals surface area contributed by atoms with Gasteiger partial charge < -0.3 is 150 Å². The number of nitrogens with one attached hydrogen (secondary N) is 2. The van der Waals surface area contributed by atoms with Crippen molar-refractivity contribution in [2.45, 2.75) is 205 Å². The molecule has 30 atom stereocenters. The molecule has 32 heteroatoms. The van der Waals surface area contributed by atoms with E-state index in [9.17, 15) is 96.4 Å². The summed E-state index contributed by atoms with van der Waals surface area (Å²) in [6.07, 6.45) is -51.4. The van der Waals surface area contributed by atoms with Crippen molar-refractivity contribution in [2.75, 3.05) is 33.0 Å². The molecule has 0 aromatic heterocycles. The van der Waals surface area contributed by atoms with Gasteiger partial charge in [0.2, 0.25) is 11.8 Å². The Morgan fingerprint density at radius 3 is 1.35 bits per heavy atom. The number of aliphatic hydroxyl groups excluding tert-OH is 17. The van der Waals surface area contributed by atoms with Gasteiger partial charge in [0.25, 0.3) is 0 Å². The molecule has 0 saturated carbocycles. The van der Waals surface area contributed by atoms with Crippen molar-refractivity contribution >= 4 is 11.8 Å². The summed E-state index contributed by atoms with van der Waals surface area (Å²) in [6, 6.07) is -3.40. The number of hydrogen-bond acceptors (Lipinski definition) is 30. The van der Waals surface area contributed by atoms with Crippen molar-refractivity contribution < 1.29 is 149 Å². The van der Waals surface area contributed by atoms with Crippen LogP contribution in [0.15, 0.2) is 0 Å². The molecule has 0 radical (unpaired) electrons. The Morgan fingerprint density at radius 2 is 0.792 bits per heavy atom. The highest BCUT2D eigenvalue weighted by atomic mass is 16.8. The molecule has 6 saturated heterocycles. The van der Waals surface area contributed by atoms with E-state index < -0.39 is 229 Å². The van der Waals surface area contributed by atoms with Gasteiger partial charge in [-0.1, -0.05) is 0 Å². The van der Waals surface area contributed by atoms with Crippen molar-refractivity contribution in [3.8, 4) is 0 Å². The smallest absolute Gasteiger partial charge is 0.217 e. The van der Waals surface area contributed by atoms with Gasteiger partial charge in [0, 0.05) is 13.8 Å². The first-order valence-corrected chi connectivity index (χ1v) is 23.0. The second-order valence-corrected chi connectivity index (χ2v) is 18.3. The zero-order chi connectivity index (χ0) is 53.2. The minimum Gasteiger partial charge on any atom is -0.394 e. The summed E-state index contributed by atoms with van der Waals surface area (Å²) in [5.74, 6) is -1.60. The molecule has 32 nitrogen and oxygen atoms in total. The van der Waals surface area contributed by atoms with Crippen LogP contribution in [0.25, 0.3) is 0 Å². The number of hydrogen-bond donors (Lipinski definition) is 19. The zero-order valence-electron chi connectivity index (χ0n) is 38.8. The summed E-state index contributed by atoms with van der Waals surface area (Å²) in [5.41, 5.74) is 0. The molecular weight excluding hydrogens is 988 g/mol. The van der Waals surface area contributed by atoms with E-state index in [1.54, 1.807) is 0 Å². The normalized spacial score (nSPS) is 50.3. The van der Waals surface area contributed by atoms with E-state index in [-0.39, 0.29) is 0 Å². The molecule has 72 heavy (non-hydrogen) atoms. The lowest BCUT2D eigenvalue weighted by Gasteiger charge is -2.50. The van der Waals surface area contributed by atoms with Gasteiger partial charge in [-0.3, -0.25) is 9.59 Å². The average molecular weight is 1060 g/mol. The molecule has 418 valence electrons. The van der Waals surface area contributed by atoms with Crippen LogP contribution in [0.5, 0.6) is 0 Å². The summed E-state index contributed by atoms with van der Waals surface area (Å²) >= 11 is 0. The van der Waals surface area contributed by atoms with Gasteiger partial charge >= 0.3 is 0 Å². The van der Waals surface area contributed by atoms with Crippen LogP contribution < -0.4 is 10.6 Å². The summed E-state index contributed by atoms with van der Waals surface area (Å²) in [7, 11) is 0. The lowest BCUT2D eigenvalue weighted by atomic mass is 9.94. The first kappa shape index (κ1) is 59.1. The number of rotatable bonds is 17. The van der Waals surface area contributed by atoms with Gasteiger partial charge in [-0.2, -0.15) is 0 Å². The van der Waals surface area contributed by atoms with Gasteiger partial charge in [-0.15, -0.1) is 0 Å². The minimum absolute atomic E-state index is 0.728. The fourth-order valence-corrected chi connectivity index (χ4v) is 9.06. The van der Waals surface area contributed by atoms with Gasteiger partial charge in [0.1, 0.15) is 140 Å². The topological polar surface area (TPSA) is 504 Å². The first-order chi connectivity index (χ1) is 33.9. The van der Waals surface area contributed by atoms with E-state index in [2.05, 4.69) is 10.6 Å². The van der Waals surface area contributed by atoms with Gasteiger partial charge in [-0.25, -0.2) is 0 Å². The maximum absolute atomic E-state index is 12.7. The molecule has 6 fully saturated rings. The van der Waals surface area contributed by atoms with Crippen LogP contribution in [0.2, 0.25) is 0 Å². The van der Waals surface area contributed by atoms with Gasteiger partial charge in [-0.05, 0) is 6.92 Å². The van der Waals surface area contributed by atoms with Crippen LogP contribution in [0.1, 0.15) is 20.8 Å². The van der Waals surface area contributed by atoms with E-state index in [4.69, 9.17) is 52.1 Å². The highest BCUT2D eigenvalue weighted by Gasteiger charge is 2.57. The molecule has 6 aliphatic rings. The Kier molecular flexibility index (Phi) is 20.8. The van der Waals surface area contributed by atoms with E-state index in [0.717, 1.165) is 13.8 Å². The average Bonchev–Trinajstić information content (AvgIpc) is 3.34. The third kappa shape index (κ3) is 12.8. The fourth-order valence-electron chi connectivity index (χ4n) is 9.06. The van der Waals surface area contributed by atoms with Gasteiger partial charge in [0.15, 0.2) is 37.7 Å². The highest BCUT2D eigenvalue weighted by Crippen LogP contribution is 2.36. The third-order valence-electron chi connectivity index (χ3n) is 13.2. The Balaban J connectivity index is 1.26. The van der Waals surface area contributed by atoms with Crippen molar-refractivity contribution in [1.82, 2.24) is 10.6 Å². The third-order valence-corrected chi connectivity index (χ3v) is 13.2. The Bertz CT molecular complexity index is 1730. The predicted octanol–water partition coefficient (Wildman–Crippen LogP) is -12.8. The summed E-state index contributed by atoms with van der Waals surface area (Å²) < 4.78 is 62.8. The van der Waals surface area contributed by atoms with Crippen LogP contribution in [0, 0.1) is 0 Å². The molecular formula is C40H68N2O30. The van der Waals surface area contributed by atoms with Crippen LogP contribution in [-0.2, 0) is 61.7 Å². The number of amides is 2. The monoisotopic (exact) mass is 1060 g/mol. The van der Waals surface area contributed by atoms with E-state index in [1.807, 2.05) is 0 Å². The SMILES string of the molecule is CC(=O)NC1C(O)OC(COC2OC(C)C(O)C(O)C2O)C(OC2OC(CO)C(OC3OC(COC4OC(CO)C(O)C(O)C4O)C(O)C(OC4OC(CO)C(O)C(O)C4O)C3O)C(O)C2NC(C)=O)C1O. The molecule has 6 rings (SSSR count). The molecule has 6 aliphatic heterocycles. The molecule has 0 aromatic rings. The quantitative estimate of drug-likeness (QED) is 0.0643. The molecule has 0 bridgehead atoms. The lowest BCUT2D eigenvalue weighted by molar-refractivity contribution is -0.384. The van der Waals surface area contributed by atoms with Crippen molar-refractivity contribution in [1.29, 1.82) is 0 Å². The number of aliphatic hydroxyl groups is 17. The second kappa shape index (κ2) is 25.3. The lowest BCUT2D eigenvalue weighted by Crippen LogP contribution is -2.70. The number of carbonyl (C=O) groups excluding carboxylic acids is 2. The zero-order valence-corrected chi connectivity index (χ0v) is 38.8. The summed E-state index contributed by atoms with van der Waals surface area (Å²) in [6.45, 7) is -1.00. The van der Waals surface area contributed by atoms with Crippen molar-refractivity contribution in [3.63, 3.8) is 0 Å². The Morgan fingerprint density at radius 1 is 0.389 bits per heavy atom. The summed E-state index contributed by atoms with van der Waals surface area (Å²) in [5, 5.41) is 186. The maximum atomic E-state index is 12.7.